The Balaban J connectivity index is 2.04. The van der Waals surface area contributed by atoms with Gasteiger partial charge < -0.3 is 5.32 Å². The molecular weight excluding hydrogens is 138 g/mol. The van der Waals surface area contributed by atoms with Gasteiger partial charge in [-0.2, -0.15) is 5.10 Å². The van der Waals surface area contributed by atoms with E-state index in [9.17, 15) is 0 Å². The number of nitrogens with one attached hydrogen (secondary N) is 1. The van der Waals surface area contributed by atoms with Crippen LogP contribution in [-0.4, -0.2) is 23.4 Å². The lowest BCUT2D eigenvalue weighted by Gasteiger charge is -2.00. The number of nitrogens with zero attached hydrogens (tertiary/aromatic N) is 2. The first-order valence-corrected chi connectivity index (χ1v) is 4.05. The summed E-state index contributed by atoms with van der Waals surface area (Å²) >= 11 is 0. The van der Waals surface area contributed by atoms with Gasteiger partial charge in [0, 0.05) is 18.9 Å². The molecule has 1 aromatic heterocycles. The topological polar surface area (TPSA) is 29.9 Å². The normalized spacial score (nSPS) is 10.3. The molecule has 0 spiro atoms. The molecule has 0 aliphatic carbocycles. The predicted molar refractivity (Wildman–Crippen MR) is 45.4 cm³/mol. The molecule has 0 aliphatic heterocycles. The van der Waals surface area contributed by atoms with Gasteiger partial charge in [-0.25, -0.2) is 0 Å². The largest absolute Gasteiger partial charge is 0.320 e. The van der Waals surface area contributed by atoms with Crippen molar-refractivity contribution in [2.75, 3.05) is 13.6 Å². The van der Waals surface area contributed by atoms with Crippen molar-refractivity contribution in [3.63, 3.8) is 0 Å². The molecule has 1 aromatic rings. The highest BCUT2D eigenvalue weighted by Crippen LogP contribution is 1.92. The number of rotatable bonds is 5. The van der Waals surface area contributed by atoms with E-state index in [1.165, 1.54) is 12.8 Å². The van der Waals surface area contributed by atoms with E-state index in [0.717, 1.165) is 13.1 Å². The van der Waals surface area contributed by atoms with Crippen LogP contribution in [0.25, 0.3) is 0 Å². The van der Waals surface area contributed by atoms with Crippen molar-refractivity contribution >= 4 is 0 Å². The monoisotopic (exact) mass is 153 g/mol. The zero-order valence-electron chi connectivity index (χ0n) is 6.95. The molecule has 1 N–H and O–H groups in total. The highest BCUT2D eigenvalue weighted by molar-refractivity contribution is 4.77. The number of aryl methyl sites for hydroxylation is 1. The first kappa shape index (κ1) is 8.27. The van der Waals surface area contributed by atoms with E-state index in [0.29, 0.717) is 0 Å². The molecule has 0 saturated heterocycles. The van der Waals surface area contributed by atoms with E-state index >= 15 is 0 Å². The van der Waals surface area contributed by atoms with E-state index in [-0.39, 0.29) is 0 Å². The smallest absolute Gasteiger partial charge is 0.0489 e. The molecule has 0 bridgehead atoms. The third kappa shape index (κ3) is 3.18. The maximum atomic E-state index is 4.11. The van der Waals surface area contributed by atoms with Crippen molar-refractivity contribution in [1.82, 2.24) is 15.1 Å². The fourth-order valence-corrected chi connectivity index (χ4v) is 1.01. The minimum Gasteiger partial charge on any atom is -0.320 e. The van der Waals surface area contributed by atoms with Gasteiger partial charge in [-0.1, -0.05) is 0 Å². The first-order chi connectivity index (χ1) is 5.43. The molecule has 3 nitrogen and oxygen atoms in total. The van der Waals surface area contributed by atoms with Crippen molar-refractivity contribution in [3.8, 4) is 0 Å². The SMILES string of the molecule is CNCCCCn1cccn1. The van der Waals surface area contributed by atoms with Crippen LogP contribution in [0.5, 0.6) is 0 Å². The van der Waals surface area contributed by atoms with E-state index < -0.39 is 0 Å². The van der Waals surface area contributed by atoms with E-state index in [4.69, 9.17) is 0 Å². The Labute approximate surface area is 67.4 Å². The lowest BCUT2D eigenvalue weighted by Crippen LogP contribution is -2.08. The Morgan fingerprint density at radius 1 is 1.45 bits per heavy atom. The number of hydrogen-bond acceptors (Lipinski definition) is 2. The Morgan fingerprint density at radius 2 is 2.36 bits per heavy atom. The minimum absolute atomic E-state index is 1.04. The summed E-state index contributed by atoms with van der Waals surface area (Å²) in [6, 6.07) is 1.96. The van der Waals surface area contributed by atoms with Crippen LogP contribution in [0.2, 0.25) is 0 Å². The third-order valence-electron chi connectivity index (χ3n) is 1.62. The number of unbranched alkanes of at least 4 members (excludes halogenated alkanes) is 1. The van der Waals surface area contributed by atoms with Crippen LogP contribution in [0.15, 0.2) is 18.5 Å². The van der Waals surface area contributed by atoms with Crippen LogP contribution < -0.4 is 5.32 Å². The molecule has 11 heavy (non-hydrogen) atoms. The van der Waals surface area contributed by atoms with Crippen molar-refractivity contribution in [2.24, 2.45) is 0 Å². The average molecular weight is 153 g/mol. The van der Waals surface area contributed by atoms with Crippen LogP contribution in [0.4, 0.5) is 0 Å². The van der Waals surface area contributed by atoms with Gasteiger partial charge in [0.15, 0.2) is 0 Å². The quantitative estimate of drug-likeness (QED) is 0.636. The lowest BCUT2D eigenvalue weighted by molar-refractivity contribution is 0.548. The van der Waals surface area contributed by atoms with Gasteiger partial charge in [-0.05, 0) is 32.5 Å². The maximum Gasteiger partial charge on any atom is 0.0489 e. The van der Waals surface area contributed by atoms with Gasteiger partial charge >= 0.3 is 0 Å². The summed E-state index contributed by atoms with van der Waals surface area (Å²) in [6.07, 6.45) is 6.23. The molecule has 0 radical (unpaired) electrons. The summed E-state index contributed by atoms with van der Waals surface area (Å²) in [4.78, 5) is 0. The predicted octanol–water partition coefficient (Wildman–Crippen LogP) is 0.883. The van der Waals surface area contributed by atoms with Gasteiger partial charge in [0.1, 0.15) is 0 Å². The van der Waals surface area contributed by atoms with E-state index in [2.05, 4.69) is 10.4 Å². The second-order valence-corrected chi connectivity index (χ2v) is 2.58. The number of hydrogen-bond donors (Lipinski definition) is 1. The van der Waals surface area contributed by atoms with Crippen molar-refractivity contribution in [1.29, 1.82) is 0 Å². The second kappa shape index (κ2) is 4.91. The van der Waals surface area contributed by atoms with Crippen LogP contribution >= 0.6 is 0 Å². The summed E-state index contributed by atoms with van der Waals surface area (Å²) in [5.41, 5.74) is 0. The molecule has 1 heterocycles. The highest BCUT2D eigenvalue weighted by atomic mass is 15.3. The summed E-state index contributed by atoms with van der Waals surface area (Å²) < 4.78 is 1.97. The molecule has 0 saturated carbocycles. The van der Waals surface area contributed by atoms with Crippen molar-refractivity contribution < 1.29 is 0 Å². The van der Waals surface area contributed by atoms with Crippen LogP contribution in [0.3, 0.4) is 0 Å². The first-order valence-electron chi connectivity index (χ1n) is 4.05. The lowest BCUT2D eigenvalue weighted by atomic mass is 10.3. The Kier molecular flexibility index (Phi) is 3.69. The van der Waals surface area contributed by atoms with Crippen molar-refractivity contribution in [2.45, 2.75) is 19.4 Å². The van der Waals surface area contributed by atoms with Gasteiger partial charge in [-0.15, -0.1) is 0 Å². The molecule has 0 atom stereocenters. The summed E-state index contributed by atoms with van der Waals surface area (Å²) in [5, 5.41) is 7.23. The zero-order chi connectivity index (χ0) is 7.94. The Hall–Kier alpha value is -0.830. The number of aromatic nitrogens is 2. The molecule has 0 amide bonds. The van der Waals surface area contributed by atoms with Gasteiger partial charge in [0.05, 0.1) is 0 Å². The maximum absolute atomic E-state index is 4.11. The van der Waals surface area contributed by atoms with E-state index in [1.54, 1.807) is 0 Å². The molecule has 0 aliphatic rings. The van der Waals surface area contributed by atoms with Crippen molar-refractivity contribution in [3.05, 3.63) is 18.5 Å². The molecule has 0 unspecified atom stereocenters. The average Bonchev–Trinajstić information content (AvgIpc) is 2.50. The molecule has 0 fully saturated rings. The fourth-order valence-electron chi connectivity index (χ4n) is 1.01. The highest BCUT2D eigenvalue weighted by Gasteiger charge is 1.89. The summed E-state index contributed by atoms with van der Waals surface area (Å²) in [7, 11) is 1.98. The molecule has 1 rings (SSSR count). The van der Waals surface area contributed by atoms with Crippen LogP contribution in [0.1, 0.15) is 12.8 Å². The third-order valence-corrected chi connectivity index (χ3v) is 1.62. The molecule has 62 valence electrons. The van der Waals surface area contributed by atoms with Gasteiger partial charge in [0.25, 0.3) is 0 Å². The standard InChI is InChI=1S/C8H15N3/c1-9-5-2-3-7-11-8-4-6-10-11/h4,6,8-9H,2-3,5,7H2,1H3. The summed E-state index contributed by atoms with van der Waals surface area (Å²) in [5.74, 6) is 0. The van der Waals surface area contributed by atoms with Crippen LogP contribution in [-0.2, 0) is 6.54 Å². The Bertz CT molecular complexity index is 169. The fraction of sp³-hybridized carbons (Fsp3) is 0.625. The zero-order valence-corrected chi connectivity index (χ0v) is 6.95. The minimum atomic E-state index is 1.04. The molecule has 0 aromatic carbocycles. The van der Waals surface area contributed by atoms with E-state index in [1.807, 2.05) is 30.2 Å². The Morgan fingerprint density at radius 3 is 3.00 bits per heavy atom. The van der Waals surface area contributed by atoms with Gasteiger partial charge in [0.2, 0.25) is 0 Å². The summed E-state index contributed by atoms with van der Waals surface area (Å²) in [6.45, 7) is 2.13. The second-order valence-electron chi connectivity index (χ2n) is 2.58. The van der Waals surface area contributed by atoms with Crippen LogP contribution in [0, 0.1) is 0 Å². The molecular formula is C8H15N3. The molecule has 3 heteroatoms. The van der Waals surface area contributed by atoms with Gasteiger partial charge in [-0.3, -0.25) is 4.68 Å².